The van der Waals surface area contributed by atoms with Crippen molar-refractivity contribution >= 4 is 11.8 Å². The van der Waals surface area contributed by atoms with Crippen LogP contribution in [0.25, 0.3) is 11.3 Å². The van der Waals surface area contributed by atoms with Crippen molar-refractivity contribution in [1.29, 1.82) is 0 Å². The zero-order valence-corrected chi connectivity index (χ0v) is 13.5. The summed E-state index contributed by atoms with van der Waals surface area (Å²) < 4.78 is 5.25. The predicted octanol–water partition coefficient (Wildman–Crippen LogP) is 4.01. The molecule has 5 heteroatoms. The van der Waals surface area contributed by atoms with Crippen molar-refractivity contribution in [2.24, 2.45) is 0 Å². The van der Waals surface area contributed by atoms with E-state index >= 15 is 0 Å². The molecule has 3 aromatic rings. The molecule has 24 heavy (non-hydrogen) atoms. The summed E-state index contributed by atoms with van der Waals surface area (Å²) in [5.41, 5.74) is 3.33. The Hall–Kier alpha value is -3.08. The van der Waals surface area contributed by atoms with Crippen LogP contribution in [-0.4, -0.2) is 17.7 Å². The Labute approximate surface area is 140 Å². The van der Waals surface area contributed by atoms with E-state index in [1.165, 1.54) is 11.1 Å². The maximum atomic E-state index is 11.9. The summed E-state index contributed by atoms with van der Waals surface area (Å²) in [6.45, 7) is 2.61. The van der Waals surface area contributed by atoms with E-state index < -0.39 is 0 Å². The Morgan fingerprint density at radius 2 is 1.92 bits per heavy atom. The van der Waals surface area contributed by atoms with Gasteiger partial charge >= 0.3 is 6.03 Å². The van der Waals surface area contributed by atoms with Crippen LogP contribution in [0.3, 0.4) is 0 Å². The third kappa shape index (κ3) is 4.23. The van der Waals surface area contributed by atoms with Crippen molar-refractivity contribution in [2.45, 2.75) is 13.3 Å². The minimum atomic E-state index is -0.296. The fraction of sp³-hybridized carbons (Fsp3) is 0.158. The lowest BCUT2D eigenvalue weighted by molar-refractivity contribution is 0.252. The van der Waals surface area contributed by atoms with E-state index in [1.54, 1.807) is 6.07 Å². The molecule has 0 bridgehead atoms. The first-order valence-electron chi connectivity index (χ1n) is 7.83. The Kier molecular flexibility index (Phi) is 4.91. The number of rotatable bonds is 5. The fourth-order valence-electron chi connectivity index (χ4n) is 2.42. The molecule has 0 spiro atoms. The molecule has 0 saturated carbocycles. The Morgan fingerprint density at radius 3 is 2.71 bits per heavy atom. The molecule has 2 aromatic carbocycles. The summed E-state index contributed by atoms with van der Waals surface area (Å²) in [6, 6.07) is 19.3. The van der Waals surface area contributed by atoms with E-state index in [2.05, 4.69) is 40.9 Å². The third-order valence-corrected chi connectivity index (χ3v) is 3.59. The van der Waals surface area contributed by atoms with Crippen molar-refractivity contribution in [1.82, 2.24) is 10.5 Å². The third-order valence-electron chi connectivity index (χ3n) is 3.59. The van der Waals surface area contributed by atoms with Gasteiger partial charge in [-0.05, 0) is 18.9 Å². The zero-order chi connectivity index (χ0) is 16.8. The van der Waals surface area contributed by atoms with Crippen LogP contribution in [0.2, 0.25) is 0 Å². The van der Waals surface area contributed by atoms with Crippen LogP contribution in [0.4, 0.5) is 10.6 Å². The van der Waals surface area contributed by atoms with E-state index in [0.29, 0.717) is 18.1 Å². The molecule has 0 unspecified atom stereocenters. The molecule has 0 aliphatic heterocycles. The number of nitrogens with zero attached hydrogens (tertiary/aromatic N) is 1. The highest BCUT2D eigenvalue weighted by atomic mass is 16.5. The Morgan fingerprint density at radius 1 is 1.08 bits per heavy atom. The van der Waals surface area contributed by atoms with Gasteiger partial charge in [-0.2, -0.15) is 0 Å². The molecule has 122 valence electrons. The quantitative estimate of drug-likeness (QED) is 0.746. The first-order chi connectivity index (χ1) is 11.7. The van der Waals surface area contributed by atoms with Gasteiger partial charge < -0.3 is 9.84 Å². The molecule has 0 aliphatic rings. The summed E-state index contributed by atoms with van der Waals surface area (Å²) in [4.78, 5) is 11.9. The summed E-state index contributed by atoms with van der Waals surface area (Å²) in [6.07, 6.45) is 0.781. The number of urea groups is 1. The maximum Gasteiger partial charge on any atom is 0.320 e. The van der Waals surface area contributed by atoms with E-state index in [1.807, 2.05) is 36.4 Å². The zero-order valence-electron chi connectivity index (χ0n) is 13.5. The van der Waals surface area contributed by atoms with E-state index in [4.69, 9.17) is 4.52 Å². The van der Waals surface area contributed by atoms with Gasteiger partial charge in [0, 0.05) is 18.2 Å². The lowest BCUT2D eigenvalue weighted by Gasteiger charge is -2.05. The number of benzene rings is 2. The topological polar surface area (TPSA) is 67.2 Å². The molecule has 0 saturated heterocycles. The second-order valence-electron chi connectivity index (χ2n) is 5.56. The number of nitrogens with one attached hydrogen (secondary N) is 2. The summed E-state index contributed by atoms with van der Waals surface area (Å²) >= 11 is 0. The van der Waals surface area contributed by atoms with Crippen molar-refractivity contribution in [3.63, 3.8) is 0 Å². The molecule has 1 aromatic heterocycles. The second kappa shape index (κ2) is 7.46. The first-order valence-corrected chi connectivity index (χ1v) is 7.83. The monoisotopic (exact) mass is 321 g/mol. The van der Waals surface area contributed by atoms with Crippen LogP contribution in [0.1, 0.15) is 11.1 Å². The first kappa shape index (κ1) is 15.8. The van der Waals surface area contributed by atoms with Crippen LogP contribution >= 0.6 is 0 Å². The average molecular weight is 321 g/mol. The molecule has 0 atom stereocenters. The van der Waals surface area contributed by atoms with Gasteiger partial charge in [0.2, 0.25) is 0 Å². The highest BCUT2D eigenvalue weighted by Crippen LogP contribution is 2.21. The van der Waals surface area contributed by atoms with E-state index in [0.717, 1.165) is 12.0 Å². The number of aromatic nitrogens is 1. The maximum absolute atomic E-state index is 11.9. The number of amides is 2. The molecule has 2 amide bonds. The van der Waals surface area contributed by atoms with Gasteiger partial charge in [-0.1, -0.05) is 65.3 Å². The smallest absolute Gasteiger partial charge is 0.320 e. The van der Waals surface area contributed by atoms with Crippen LogP contribution in [0.15, 0.2) is 65.2 Å². The van der Waals surface area contributed by atoms with Crippen molar-refractivity contribution in [2.75, 3.05) is 11.9 Å². The highest BCUT2D eigenvalue weighted by Gasteiger charge is 2.09. The standard InChI is InChI=1S/C19H19N3O2/c1-14-6-5-7-15(12-14)10-11-20-19(23)21-18-13-17(24-22-18)16-8-3-2-4-9-16/h2-9,12-13H,10-11H2,1H3,(H2,20,21,22,23). The largest absolute Gasteiger partial charge is 0.354 e. The highest BCUT2D eigenvalue weighted by molar-refractivity contribution is 5.88. The van der Waals surface area contributed by atoms with Crippen molar-refractivity contribution in [3.8, 4) is 11.3 Å². The number of carbonyl (C=O) groups excluding carboxylic acids is 1. The van der Waals surface area contributed by atoms with Gasteiger partial charge in [0.1, 0.15) is 0 Å². The normalized spacial score (nSPS) is 10.4. The summed E-state index contributed by atoms with van der Waals surface area (Å²) in [5, 5.41) is 9.35. The molecule has 5 nitrogen and oxygen atoms in total. The number of hydrogen-bond donors (Lipinski definition) is 2. The van der Waals surface area contributed by atoms with Gasteiger partial charge in [-0.15, -0.1) is 0 Å². The number of aryl methyl sites for hydroxylation is 1. The average Bonchev–Trinajstić information content (AvgIpc) is 3.04. The second-order valence-corrected chi connectivity index (χ2v) is 5.56. The minimum Gasteiger partial charge on any atom is -0.354 e. The molecule has 1 heterocycles. The molecular weight excluding hydrogens is 302 g/mol. The van der Waals surface area contributed by atoms with Crippen molar-refractivity contribution in [3.05, 3.63) is 71.8 Å². The number of hydrogen-bond acceptors (Lipinski definition) is 3. The van der Waals surface area contributed by atoms with Crippen LogP contribution in [0, 0.1) is 6.92 Å². The Bertz CT molecular complexity index is 812. The molecule has 2 N–H and O–H groups in total. The molecule has 0 fully saturated rings. The van der Waals surface area contributed by atoms with E-state index in [-0.39, 0.29) is 6.03 Å². The van der Waals surface area contributed by atoms with Crippen LogP contribution < -0.4 is 10.6 Å². The Balaban J connectivity index is 1.49. The van der Waals surface area contributed by atoms with Crippen molar-refractivity contribution < 1.29 is 9.32 Å². The van der Waals surface area contributed by atoms with Crippen LogP contribution in [0.5, 0.6) is 0 Å². The predicted molar refractivity (Wildman–Crippen MR) is 93.8 cm³/mol. The molecule has 0 radical (unpaired) electrons. The summed E-state index contributed by atoms with van der Waals surface area (Å²) in [5.74, 6) is 1.01. The van der Waals surface area contributed by atoms with Crippen LogP contribution in [-0.2, 0) is 6.42 Å². The lowest BCUT2D eigenvalue weighted by Crippen LogP contribution is -2.30. The number of anilines is 1. The molecule has 3 rings (SSSR count). The van der Waals surface area contributed by atoms with Gasteiger partial charge in [0.15, 0.2) is 11.6 Å². The van der Waals surface area contributed by atoms with Gasteiger partial charge in [-0.25, -0.2) is 4.79 Å². The lowest BCUT2D eigenvalue weighted by atomic mass is 10.1. The van der Waals surface area contributed by atoms with Gasteiger partial charge in [-0.3, -0.25) is 5.32 Å². The minimum absolute atomic E-state index is 0.296. The SMILES string of the molecule is Cc1cccc(CCNC(=O)Nc2cc(-c3ccccc3)on2)c1. The molecular formula is C19H19N3O2. The summed E-state index contributed by atoms with van der Waals surface area (Å²) in [7, 11) is 0. The van der Waals surface area contributed by atoms with Gasteiger partial charge in [0.05, 0.1) is 0 Å². The van der Waals surface area contributed by atoms with Gasteiger partial charge in [0.25, 0.3) is 0 Å². The van der Waals surface area contributed by atoms with E-state index in [9.17, 15) is 4.79 Å². The fourth-order valence-corrected chi connectivity index (χ4v) is 2.42. The number of carbonyl (C=O) groups is 1. The molecule has 0 aliphatic carbocycles.